The van der Waals surface area contributed by atoms with E-state index >= 15 is 0 Å². The standard InChI is InChI=1S/C15H25FN2/c1-4-9-18(10-5-2)15-8-7-13(11-14(15)16)12-17-6-3/h7-8,11,17H,4-6,9-10,12H2,1-3H3. The average molecular weight is 252 g/mol. The van der Waals surface area contributed by atoms with E-state index in [2.05, 4.69) is 31.0 Å². The number of halogens is 1. The summed E-state index contributed by atoms with van der Waals surface area (Å²) in [6, 6.07) is 5.57. The van der Waals surface area contributed by atoms with Crippen molar-refractivity contribution in [1.29, 1.82) is 0 Å². The molecule has 0 spiro atoms. The van der Waals surface area contributed by atoms with Crippen molar-refractivity contribution < 1.29 is 4.39 Å². The van der Waals surface area contributed by atoms with Crippen LogP contribution in [-0.2, 0) is 6.54 Å². The van der Waals surface area contributed by atoms with Crippen LogP contribution in [0.4, 0.5) is 10.1 Å². The molecule has 0 aliphatic rings. The Morgan fingerprint density at radius 3 is 2.28 bits per heavy atom. The molecule has 2 nitrogen and oxygen atoms in total. The summed E-state index contributed by atoms with van der Waals surface area (Å²) in [5.74, 6) is -0.104. The molecular formula is C15H25FN2. The molecule has 0 saturated heterocycles. The van der Waals surface area contributed by atoms with Gasteiger partial charge in [-0.1, -0.05) is 26.8 Å². The minimum atomic E-state index is -0.104. The molecule has 1 aromatic rings. The Morgan fingerprint density at radius 1 is 1.11 bits per heavy atom. The molecule has 3 heteroatoms. The maximum absolute atomic E-state index is 14.1. The smallest absolute Gasteiger partial charge is 0.146 e. The zero-order chi connectivity index (χ0) is 13.4. The first-order valence-electron chi connectivity index (χ1n) is 6.97. The fraction of sp³-hybridized carbons (Fsp3) is 0.600. The average Bonchev–Trinajstić information content (AvgIpc) is 2.36. The van der Waals surface area contributed by atoms with Gasteiger partial charge in [-0.25, -0.2) is 4.39 Å². The third kappa shape index (κ3) is 4.30. The van der Waals surface area contributed by atoms with Gasteiger partial charge in [-0.3, -0.25) is 0 Å². The normalized spacial score (nSPS) is 10.7. The lowest BCUT2D eigenvalue weighted by atomic mass is 10.1. The molecule has 1 N–H and O–H groups in total. The van der Waals surface area contributed by atoms with Gasteiger partial charge >= 0.3 is 0 Å². The van der Waals surface area contributed by atoms with Crippen LogP contribution in [0.15, 0.2) is 18.2 Å². The summed E-state index contributed by atoms with van der Waals surface area (Å²) in [5.41, 5.74) is 1.74. The Morgan fingerprint density at radius 2 is 1.78 bits per heavy atom. The van der Waals surface area contributed by atoms with E-state index in [0.717, 1.165) is 50.3 Å². The van der Waals surface area contributed by atoms with Crippen LogP contribution in [0.3, 0.4) is 0 Å². The van der Waals surface area contributed by atoms with E-state index in [1.165, 1.54) is 0 Å². The molecule has 0 fully saturated rings. The maximum atomic E-state index is 14.1. The maximum Gasteiger partial charge on any atom is 0.146 e. The molecule has 0 bridgehead atoms. The van der Waals surface area contributed by atoms with Crippen LogP contribution in [0.5, 0.6) is 0 Å². The molecule has 0 radical (unpaired) electrons. The van der Waals surface area contributed by atoms with Gasteiger partial charge in [-0.2, -0.15) is 0 Å². The van der Waals surface area contributed by atoms with Crippen molar-refractivity contribution in [2.45, 2.75) is 40.2 Å². The van der Waals surface area contributed by atoms with Gasteiger partial charge in [0.2, 0.25) is 0 Å². The molecule has 102 valence electrons. The van der Waals surface area contributed by atoms with Crippen molar-refractivity contribution in [1.82, 2.24) is 5.32 Å². The minimum absolute atomic E-state index is 0.104. The predicted octanol–water partition coefficient (Wildman–Crippen LogP) is 3.56. The Labute approximate surface area is 110 Å². The largest absolute Gasteiger partial charge is 0.369 e. The second-order valence-corrected chi connectivity index (χ2v) is 4.55. The Hall–Kier alpha value is -1.09. The van der Waals surface area contributed by atoms with E-state index in [9.17, 15) is 4.39 Å². The van der Waals surface area contributed by atoms with Crippen LogP contribution in [0.2, 0.25) is 0 Å². The van der Waals surface area contributed by atoms with Crippen molar-refractivity contribution in [3.63, 3.8) is 0 Å². The van der Waals surface area contributed by atoms with E-state index in [4.69, 9.17) is 0 Å². The Balaban J connectivity index is 2.81. The number of anilines is 1. The zero-order valence-electron chi connectivity index (χ0n) is 11.8. The fourth-order valence-corrected chi connectivity index (χ4v) is 2.08. The Bertz CT molecular complexity index is 346. The summed E-state index contributed by atoms with van der Waals surface area (Å²) < 4.78 is 14.1. The summed E-state index contributed by atoms with van der Waals surface area (Å²) in [7, 11) is 0. The van der Waals surface area contributed by atoms with Crippen LogP contribution in [0.1, 0.15) is 39.2 Å². The first kappa shape index (κ1) is 15.0. The number of hydrogen-bond donors (Lipinski definition) is 1. The molecule has 0 heterocycles. The molecular weight excluding hydrogens is 227 g/mol. The highest BCUT2D eigenvalue weighted by Crippen LogP contribution is 2.21. The molecule has 0 amide bonds. The van der Waals surface area contributed by atoms with Crippen LogP contribution in [-0.4, -0.2) is 19.6 Å². The van der Waals surface area contributed by atoms with Crippen molar-refractivity contribution in [3.05, 3.63) is 29.6 Å². The monoisotopic (exact) mass is 252 g/mol. The number of hydrogen-bond acceptors (Lipinski definition) is 2. The van der Waals surface area contributed by atoms with Crippen molar-refractivity contribution in [2.75, 3.05) is 24.5 Å². The number of nitrogens with one attached hydrogen (secondary N) is 1. The van der Waals surface area contributed by atoms with Gasteiger partial charge in [0.05, 0.1) is 5.69 Å². The predicted molar refractivity (Wildman–Crippen MR) is 76.6 cm³/mol. The highest BCUT2D eigenvalue weighted by atomic mass is 19.1. The van der Waals surface area contributed by atoms with Crippen LogP contribution in [0.25, 0.3) is 0 Å². The summed E-state index contributed by atoms with van der Waals surface area (Å²) in [4.78, 5) is 2.13. The summed E-state index contributed by atoms with van der Waals surface area (Å²) in [5, 5.41) is 3.21. The third-order valence-electron chi connectivity index (χ3n) is 2.92. The lowest BCUT2D eigenvalue weighted by Gasteiger charge is -2.24. The highest BCUT2D eigenvalue weighted by Gasteiger charge is 2.10. The second kappa shape index (κ2) is 8.09. The van der Waals surface area contributed by atoms with E-state index in [0.29, 0.717) is 0 Å². The lowest BCUT2D eigenvalue weighted by molar-refractivity contribution is 0.608. The number of nitrogens with zero attached hydrogens (tertiary/aromatic N) is 1. The third-order valence-corrected chi connectivity index (χ3v) is 2.92. The van der Waals surface area contributed by atoms with Gasteiger partial charge in [0.1, 0.15) is 5.82 Å². The molecule has 1 aromatic carbocycles. The van der Waals surface area contributed by atoms with E-state index < -0.39 is 0 Å². The molecule has 1 rings (SSSR count). The van der Waals surface area contributed by atoms with Crippen LogP contribution < -0.4 is 10.2 Å². The molecule has 0 unspecified atom stereocenters. The molecule has 0 atom stereocenters. The second-order valence-electron chi connectivity index (χ2n) is 4.55. The van der Waals surface area contributed by atoms with Gasteiger partial charge in [0.15, 0.2) is 0 Å². The SMILES string of the molecule is CCCN(CCC)c1ccc(CNCC)cc1F. The van der Waals surface area contributed by atoms with Crippen molar-refractivity contribution >= 4 is 5.69 Å². The fourth-order valence-electron chi connectivity index (χ4n) is 2.08. The van der Waals surface area contributed by atoms with Crippen molar-refractivity contribution in [2.24, 2.45) is 0 Å². The zero-order valence-corrected chi connectivity index (χ0v) is 11.8. The van der Waals surface area contributed by atoms with E-state index in [-0.39, 0.29) is 5.82 Å². The van der Waals surface area contributed by atoms with Gasteiger partial charge in [0, 0.05) is 19.6 Å². The van der Waals surface area contributed by atoms with Gasteiger partial charge < -0.3 is 10.2 Å². The molecule has 0 aromatic heterocycles. The first-order chi connectivity index (χ1) is 8.72. The quantitative estimate of drug-likeness (QED) is 0.761. The topological polar surface area (TPSA) is 15.3 Å². The summed E-state index contributed by atoms with van der Waals surface area (Å²) in [6.45, 7) is 9.76. The highest BCUT2D eigenvalue weighted by molar-refractivity contribution is 5.49. The van der Waals surface area contributed by atoms with Crippen LogP contribution >= 0.6 is 0 Å². The van der Waals surface area contributed by atoms with Crippen LogP contribution in [0, 0.1) is 5.82 Å². The number of rotatable bonds is 8. The first-order valence-corrected chi connectivity index (χ1v) is 6.97. The molecule has 0 saturated carbocycles. The van der Waals surface area contributed by atoms with E-state index in [1.807, 2.05) is 12.1 Å². The van der Waals surface area contributed by atoms with Gasteiger partial charge in [-0.05, 0) is 37.1 Å². The number of benzene rings is 1. The minimum Gasteiger partial charge on any atom is -0.369 e. The molecule has 0 aliphatic carbocycles. The van der Waals surface area contributed by atoms with E-state index in [1.54, 1.807) is 6.07 Å². The summed E-state index contributed by atoms with van der Waals surface area (Å²) in [6.07, 6.45) is 2.08. The van der Waals surface area contributed by atoms with Gasteiger partial charge in [0.25, 0.3) is 0 Å². The molecule has 18 heavy (non-hydrogen) atoms. The van der Waals surface area contributed by atoms with Crippen molar-refractivity contribution in [3.8, 4) is 0 Å². The molecule has 0 aliphatic heterocycles. The lowest BCUT2D eigenvalue weighted by Crippen LogP contribution is -2.26. The summed E-state index contributed by atoms with van der Waals surface area (Å²) >= 11 is 0. The Kier molecular flexibility index (Phi) is 6.73. The van der Waals surface area contributed by atoms with Gasteiger partial charge in [-0.15, -0.1) is 0 Å².